The Kier molecular flexibility index (Phi) is 29.7. The number of carbonyl (C=O) groups excluding carboxylic acids is 5. The molecule has 5 aliphatic carbocycles. The second-order valence-corrected chi connectivity index (χ2v) is 36.5. The van der Waals surface area contributed by atoms with Crippen LogP contribution in [0.2, 0.25) is 21.0 Å². The monoisotopic (exact) mass is 1950 g/mol. The Morgan fingerprint density at radius 3 is 0.977 bits per heavy atom. The molecule has 0 unspecified atom stereocenters. The van der Waals surface area contributed by atoms with Gasteiger partial charge in [-0.1, -0.05) is 68.0 Å². The molecular weight excluding hydrogens is 1850 g/mol. The number of halogens is 5. The molecular formula is C93H101BrCl4N16O16S. The van der Waals surface area contributed by atoms with E-state index in [1.54, 1.807) is 83.6 Å². The van der Waals surface area contributed by atoms with Gasteiger partial charge in [-0.25, -0.2) is 19.9 Å². The zero-order valence-electron chi connectivity index (χ0n) is 73.4. The number of amides is 5. The molecule has 0 atom stereocenters. The van der Waals surface area contributed by atoms with Crippen LogP contribution in [-0.4, -0.2) is 102 Å². The van der Waals surface area contributed by atoms with Crippen molar-refractivity contribution in [3.05, 3.63) is 260 Å². The summed E-state index contributed by atoms with van der Waals surface area (Å²) in [5, 5.41) is 25.5. The van der Waals surface area contributed by atoms with E-state index in [9.17, 15) is 53.1 Å². The van der Waals surface area contributed by atoms with Crippen LogP contribution in [0, 0.1) is 34.6 Å². The summed E-state index contributed by atoms with van der Waals surface area (Å²) in [6, 6.07) is 28.0. The van der Waals surface area contributed by atoms with Crippen LogP contribution in [0.25, 0.3) is 0 Å². The van der Waals surface area contributed by atoms with Gasteiger partial charge in [0.05, 0.1) is 18.7 Å². The van der Waals surface area contributed by atoms with Gasteiger partial charge < -0.3 is 55.4 Å². The summed E-state index contributed by atoms with van der Waals surface area (Å²) in [6.45, 7) is 9.35. The summed E-state index contributed by atoms with van der Waals surface area (Å²) in [6.07, 6.45) is 27.8. The van der Waals surface area contributed by atoms with Crippen molar-refractivity contribution >= 4 is 104 Å². The number of aromatic nitrogens is 11. The first kappa shape index (κ1) is 95.6. The van der Waals surface area contributed by atoms with E-state index in [-0.39, 0.29) is 109 Å². The van der Waals surface area contributed by atoms with Gasteiger partial charge >= 0.3 is 0 Å². The number of aryl methyl sites for hydroxylation is 5. The third-order valence-corrected chi connectivity index (χ3v) is 27.0. The van der Waals surface area contributed by atoms with Crippen molar-refractivity contribution in [1.82, 2.24) is 79.3 Å². The van der Waals surface area contributed by atoms with E-state index in [0.717, 1.165) is 188 Å². The molecule has 0 saturated heterocycles. The molecule has 5 saturated carbocycles. The quantitative estimate of drug-likeness (QED) is 0.0380. The first-order chi connectivity index (χ1) is 62.8. The van der Waals surface area contributed by atoms with Gasteiger partial charge in [-0.3, -0.25) is 70.8 Å². The second kappa shape index (κ2) is 40.7. The standard InChI is InChI=1S/C21H24N2O4.2C17H17ClN4O3.C13H15BrN2O2.C13H16N2O3.C8H10OS.C4H2Cl2N2/c1-14-12-17(27-13-15-6-8-16(26-2)9-7-15)20(25)23-18(14)19(24)22-21(23)10-4-3-5-11-21;2*1-10-9-11(25-12-5-8-19-16(18)20-12)15(24)22-13(10)14(23)21-17(22)6-3-2-4-7-17;1-8-7-9(14)12(18)16-10(8)11(17)15-13(16)5-3-2-4-6-13;1-8-7-9(16)12(18)15-10(8)11(17)14-13(15)5-3-2-4-6-13;1-9-8-4-2-7(6-10)3-5-8;5-3-1-2-7-4(6)8-3/h6-9,12H,3-5,10-11,13H2,1-2H3,(H,22,24);2*5,8-9H,2-4,6-7H2,1H3,(H,21,23);7H,2-6H2,1H3,(H,15,17);7,16H,2-6H2,1H3,(H,14,17);2-5,10H,6H2,1H3;1-2H. The molecule has 690 valence electrons. The van der Waals surface area contributed by atoms with Crippen LogP contribution >= 0.6 is 75.0 Å². The molecule has 10 aromatic rings. The Labute approximate surface area is 787 Å². The number of rotatable bonds is 10. The molecule has 5 fully saturated rings. The molecule has 6 N–H and O–H groups in total. The summed E-state index contributed by atoms with van der Waals surface area (Å²) >= 11 is 29.7. The van der Waals surface area contributed by atoms with E-state index >= 15 is 0 Å². The minimum Gasteiger partial charge on any atom is -0.503 e. The number of hydrogen-bond acceptors (Lipinski definition) is 23. The fraction of sp³-hybridized carbons (Fsp3) is 0.419. The Morgan fingerprint density at radius 2 is 0.664 bits per heavy atom. The molecule has 0 radical (unpaired) electrons. The minimum atomic E-state index is -0.644. The molecule has 13 heterocycles. The largest absolute Gasteiger partial charge is 0.503 e. The molecule has 2 aromatic carbocycles. The highest BCUT2D eigenvalue weighted by Crippen LogP contribution is 2.44. The van der Waals surface area contributed by atoms with Crippen LogP contribution in [0.1, 0.15) is 252 Å². The Morgan fingerprint density at radius 1 is 0.374 bits per heavy atom. The fourth-order valence-electron chi connectivity index (χ4n) is 19.2. The lowest BCUT2D eigenvalue weighted by Gasteiger charge is -2.35. The SMILES string of the molecule is COc1ccc(COc2cc(C)c3n(c2=O)C2(CCCCC2)NC3=O)cc1.COc1ccc(CS)cc1.Cc1cc(Br)c(=O)n2c1C(=O)NC21CCCCC1.Cc1cc(O)c(=O)n2c1C(=O)NC21CCCCC1.Cc1cc(Oc2ccnc(Cl)n2)c(=O)n2c1C(=O)NC21CCCCC1.Cc1cc(Oc2ccnc(Cl)n2)c(=O)n2c1C(=O)NC21CCCCC1.Clc1ccnc(Cl)n1. The molecule has 32 nitrogen and oxygen atoms in total. The number of aromatic hydroxyl groups is 1. The van der Waals surface area contributed by atoms with Crippen LogP contribution in [0.4, 0.5) is 0 Å². The van der Waals surface area contributed by atoms with Gasteiger partial charge in [0.2, 0.25) is 27.6 Å². The number of benzene rings is 2. The van der Waals surface area contributed by atoms with E-state index in [4.69, 9.17) is 70.1 Å². The van der Waals surface area contributed by atoms with Crippen molar-refractivity contribution in [1.29, 1.82) is 0 Å². The molecule has 5 amide bonds. The molecule has 10 aliphatic rings. The van der Waals surface area contributed by atoms with Gasteiger partial charge in [-0.2, -0.15) is 22.6 Å². The van der Waals surface area contributed by atoms with Crippen molar-refractivity contribution in [2.45, 2.75) is 236 Å². The maximum Gasteiger partial charge on any atom is 0.296 e. The van der Waals surface area contributed by atoms with Gasteiger partial charge in [0.25, 0.3) is 57.3 Å². The smallest absolute Gasteiger partial charge is 0.296 e. The lowest BCUT2D eigenvalue weighted by Crippen LogP contribution is -2.48. The minimum absolute atomic E-state index is 0.0380. The second-order valence-electron chi connectivity index (χ2n) is 34.0. The summed E-state index contributed by atoms with van der Waals surface area (Å²) in [4.78, 5) is 148. The average molecular weight is 1950 g/mol. The molecule has 38 heteroatoms. The highest BCUT2D eigenvalue weighted by molar-refractivity contribution is 9.10. The molecule has 5 spiro atoms. The summed E-state index contributed by atoms with van der Waals surface area (Å²) in [7, 11) is 3.28. The normalized spacial score (nSPS) is 17.5. The first-order valence-corrected chi connectivity index (χ1v) is 46.5. The molecule has 0 bridgehead atoms. The highest BCUT2D eigenvalue weighted by atomic mass is 79.9. The number of methoxy groups -OCH3 is 2. The van der Waals surface area contributed by atoms with E-state index in [1.165, 1.54) is 53.3 Å². The van der Waals surface area contributed by atoms with Crippen molar-refractivity contribution < 1.29 is 52.8 Å². The van der Waals surface area contributed by atoms with Gasteiger partial charge in [-0.05, 0) is 313 Å². The van der Waals surface area contributed by atoms with Crippen molar-refractivity contribution in [3.63, 3.8) is 0 Å². The van der Waals surface area contributed by atoms with Gasteiger partial charge in [0.1, 0.15) is 80.0 Å². The third-order valence-electron chi connectivity index (χ3n) is 25.3. The Hall–Kier alpha value is -11.4. The zero-order chi connectivity index (χ0) is 93.4. The van der Waals surface area contributed by atoms with Crippen molar-refractivity contribution in [2.75, 3.05) is 14.2 Å². The predicted octanol–water partition coefficient (Wildman–Crippen LogP) is 16.0. The summed E-state index contributed by atoms with van der Waals surface area (Å²) < 4.78 is 35.9. The number of nitrogens with one attached hydrogen (secondary N) is 5. The first-order valence-electron chi connectivity index (χ1n) is 43.6. The topological polar surface area (TPSA) is 399 Å². The number of pyridine rings is 5. The molecule has 131 heavy (non-hydrogen) atoms. The Balaban J connectivity index is 0.000000127. The van der Waals surface area contributed by atoms with E-state index in [1.807, 2.05) is 62.4 Å². The number of thiol groups is 1. The maximum absolute atomic E-state index is 13.2. The number of carbonyl (C=O) groups is 5. The van der Waals surface area contributed by atoms with Gasteiger partial charge in [0, 0.05) is 36.5 Å². The van der Waals surface area contributed by atoms with Crippen molar-refractivity contribution in [3.8, 4) is 46.3 Å². The molecule has 5 aliphatic heterocycles. The number of fused-ring (bicyclic) bond motifs is 10. The van der Waals surface area contributed by atoms with E-state index < -0.39 is 33.9 Å². The lowest BCUT2D eigenvalue weighted by molar-refractivity contribution is 0.0866. The van der Waals surface area contributed by atoms with E-state index in [2.05, 4.69) is 85.0 Å². The number of ether oxygens (including phenoxy) is 5. The fourth-order valence-corrected chi connectivity index (χ4v) is 20.6. The zero-order valence-corrected chi connectivity index (χ0v) is 78.9. The van der Waals surface area contributed by atoms with Gasteiger partial charge in [-0.15, -0.1) is 0 Å². The molecule has 8 aromatic heterocycles. The number of nitrogens with zero attached hydrogens (tertiary/aromatic N) is 11. The van der Waals surface area contributed by atoms with Crippen LogP contribution in [0.15, 0.2) is 144 Å². The van der Waals surface area contributed by atoms with E-state index in [0.29, 0.717) is 54.8 Å². The highest BCUT2D eigenvalue weighted by Gasteiger charge is 2.51. The van der Waals surface area contributed by atoms with Crippen molar-refractivity contribution in [2.24, 2.45) is 0 Å². The summed E-state index contributed by atoms with van der Waals surface area (Å²) in [5.74, 6) is 2.20. The number of hydrogen-bond donors (Lipinski definition) is 7. The van der Waals surface area contributed by atoms with Crippen LogP contribution in [0.3, 0.4) is 0 Å². The van der Waals surface area contributed by atoms with Gasteiger partial charge in [0.15, 0.2) is 23.0 Å². The van der Waals surface area contributed by atoms with Crippen LogP contribution in [0.5, 0.6) is 46.3 Å². The van der Waals surface area contributed by atoms with Crippen LogP contribution in [-0.2, 0) is 40.7 Å². The molecule has 20 rings (SSSR count). The lowest BCUT2D eigenvalue weighted by atomic mass is 9.89. The predicted molar refractivity (Wildman–Crippen MR) is 498 cm³/mol. The third kappa shape index (κ3) is 20.2. The van der Waals surface area contributed by atoms with Crippen LogP contribution < -0.4 is 78.1 Å². The maximum atomic E-state index is 13.2. The summed E-state index contributed by atoms with van der Waals surface area (Å²) in [5.41, 5.74) is 3.60. The Bertz CT molecular complexity index is 6060. The average Bonchev–Trinajstić information content (AvgIpc) is 1.60.